The van der Waals surface area contributed by atoms with Gasteiger partial charge in [-0.3, -0.25) is 0 Å². The third kappa shape index (κ3) is 4.73. The molecule has 0 saturated heterocycles. The maximum absolute atomic E-state index is 2.54. The van der Waals surface area contributed by atoms with E-state index in [0.717, 1.165) is 5.92 Å². The van der Waals surface area contributed by atoms with E-state index in [1.807, 2.05) is 13.8 Å². The van der Waals surface area contributed by atoms with Gasteiger partial charge in [-0.25, -0.2) is 0 Å². The molecule has 0 aliphatic heterocycles. The highest BCUT2D eigenvalue weighted by atomic mass is 14.4. The van der Waals surface area contributed by atoms with Crippen LogP contribution in [0.25, 0.3) is 0 Å². The van der Waals surface area contributed by atoms with Gasteiger partial charge >= 0.3 is 0 Å². The van der Waals surface area contributed by atoms with Crippen LogP contribution in [0.15, 0.2) is 23.8 Å². The normalized spacial score (nSPS) is 26.4. The van der Waals surface area contributed by atoms with Crippen LogP contribution in [0.2, 0.25) is 0 Å². The molecule has 1 saturated carbocycles. The lowest BCUT2D eigenvalue weighted by Gasteiger charge is -2.38. The molecule has 2 aliphatic rings. The first-order valence-electron chi connectivity index (χ1n) is 9.19. The van der Waals surface area contributed by atoms with E-state index in [1.54, 1.807) is 5.57 Å². The van der Waals surface area contributed by atoms with Crippen molar-refractivity contribution in [3.05, 3.63) is 23.8 Å². The van der Waals surface area contributed by atoms with Gasteiger partial charge in [-0.2, -0.15) is 0 Å². The Morgan fingerprint density at radius 3 is 2.24 bits per heavy atom. The summed E-state index contributed by atoms with van der Waals surface area (Å²) in [5.41, 5.74) is 2.39. The Bertz CT molecular complexity index is 361. The molecule has 2 rings (SSSR count). The van der Waals surface area contributed by atoms with Gasteiger partial charge in [0.15, 0.2) is 0 Å². The molecule has 0 N–H and O–H groups in total. The summed E-state index contributed by atoms with van der Waals surface area (Å²) in [6.07, 6.45) is 15.8. The predicted molar refractivity (Wildman–Crippen MR) is 96.5 cm³/mol. The minimum Gasteiger partial charge on any atom is -0.0850 e. The van der Waals surface area contributed by atoms with Gasteiger partial charge in [0.25, 0.3) is 0 Å². The summed E-state index contributed by atoms with van der Waals surface area (Å²) in [5, 5.41) is 0. The zero-order chi connectivity index (χ0) is 16.1. The van der Waals surface area contributed by atoms with Crippen LogP contribution in [-0.2, 0) is 0 Å². The van der Waals surface area contributed by atoms with Crippen LogP contribution in [0.1, 0.15) is 87.0 Å². The maximum Gasteiger partial charge on any atom is 0.00255 e. The van der Waals surface area contributed by atoms with Gasteiger partial charge in [-0.15, -0.1) is 0 Å². The molecule has 0 spiro atoms. The quantitative estimate of drug-likeness (QED) is 0.483. The fourth-order valence-electron chi connectivity index (χ4n) is 4.13. The molecular weight excluding hydrogens is 252 g/mol. The number of rotatable bonds is 3. The van der Waals surface area contributed by atoms with Crippen LogP contribution in [-0.4, -0.2) is 0 Å². The molecule has 0 bridgehead atoms. The maximum atomic E-state index is 2.54. The van der Waals surface area contributed by atoms with Crippen molar-refractivity contribution in [2.75, 3.05) is 0 Å². The molecule has 0 amide bonds. The highest BCUT2D eigenvalue weighted by Gasteiger charge is 2.33. The Morgan fingerprint density at radius 2 is 1.71 bits per heavy atom. The summed E-state index contributed by atoms with van der Waals surface area (Å²) in [6.45, 7) is 16.1. The highest BCUT2D eigenvalue weighted by Crippen LogP contribution is 2.44. The lowest BCUT2D eigenvalue weighted by Crippen LogP contribution is -2.27. The molecule has 0 aromatic heterocycles. The average Bonchev–Trinajstić information content (AvgIpc) is 2.94. The fraction of sp³-hybridized carbons (Fsp3) is 0.810. The summed E-state index contributed by atoms with van der Waals surface area (Å²) in [6, 6.07) is 0. The smallest absolute Gasteiger partial charge is 0.00255 e. The first-order chi connectivity index (χ1) is 9.83. The topological polar surface area (TPSA) is 0 Å². The van der Waals surface area contributed by atoms with Crippen molar-refractivity contribution in [2.24, 2.45) is 22.7 Å². The zero-order valence-electron chi connectivity index (χ0n) is 15.6. The molecular formula is C21H38. The summed E-state index contributed by atoms with van der Waals surface area (Å²) in [7, 11) is 0. The molecule has 0 heterocycles. The van der Waals surface area contributed by atoms with Gasteiger partial charge in [0.1, 0.15) is 0 Å². The van der Waals surface area contributed by atoms with Crippen LogP contribution in [0, 0.1) is 22.7 Å². The Hall–Kier alpha value is -0.520. The van der Waals surface area contributed by atoms with E-state index in [4.69, 9.17) is 0 Å². The molecule has 0 nitrogen and oxygen atoms in total. The predicted octanol–water partition coefficient (Wildman–Crippen LogP) is 7.17. The van der Waals surface area contributed by atoms with Crippen molar-refractivity contribution in [1.82, 2.24) is 0 Å². The molecule has 1 fully saturated rings. The zero-order valence-corrected chi connectivity index (χ0v) is 15.6. The minimum atomic E-state index is 0.379. The summed E-state index contributed by atoms with van der Waals surface area (Å²) < 4.78 is 0. The van der Waals surface area contributed by atoms with E-state index in [0.29, 0.717) is 16.7 Å². The minimum absolute atomic E-state index is 0.379. The van der Waals surface area contributed by atoms with E-state index in [1.165, 1.54) is 38.5 Å². The second-order valence-corrected chi connectivity index (χ2v) is 8.11. The van der Waals surface area contributed by atoms with Crippen LogP contribution in [0.4, 0.5) is 0 Å². The standard InChI is InChI=1S/C19H32.C2H6/c1-15-9-8-13-19(4,5)17(15)12-14-18(2,3)16-10-6-7-11-16;1-2/h9,12,14,16-17H,6-8,10-11,13H2,1-5H3;1-2H3/b14-12+;. The summed E-state index contributed by atoms with van der Waals surface area (Å²) in [4.78, 5) is 0. The van der Waals surface area contributed by atoms with Crippen molar-refractivity contribution in [3.63, 3.8) is 0 Å². The lowest BCUT2D eigenvalue weighted by atomic mass is 9.67. The van der Waals surface area contributed by atoms with Crippen molar-refractivity contribution in [3.8, 4) is 0 Å². The summed E-state index contributed by atoms with van der Waals surface area (Å²) >= 11 is 0. The van der Waals surface area contributed by atoms with Gasteiger partial charge in [0.2, 0.25) is 0 Å². The van der Waals surface area contributed by atoms with E-state index in [9.17, 15) is 0 Å². The first kappa shape index (κ1) is 18.5. The van der Waals surface area contributed by atoms with E-state index >= 15 is 0 Å². The number of hydrogen-bond donors (Lipinski definition) is 0. The number of allylic oxidation sites excluding steroid dienone is 4. The Kier molecular flexibility index (Phi) is 6.75. The molecule has 1 unspecified atom stereocenters. The molecule has 21 heavy (non-hydrogen) atoms. The fourth-order valence-corrected chi connectivity index (χ4v) is 4.13. The Balaban J connectivity index is 0.00000106. The third-order valence-corrected chi connectivity index (χ3v) is 5.71. The second-order valence-electron chi connectivity index (χ2n) is 8.11. The van der Waals surface area contributed by atoms with Crippen LogP contribution in [0.5, 0.6) is 0 Å². The molecule has 0 radical (unpaired) electrons. The van der Waals surface area contributed by atoms with Crippen LogP contribution < -0.4 is 0 Å². The van der Waals surface area contributed by atoms with Crippen molar-refractivity contribution < 1.29 is 0 Å². The van der Waals surface area contributed by atoms with Crippen molar-refractivity contribution in [2.45, 2.75) is 87.0 Å². The van der Waals surface area contributed by atoms with E-state index in [-0.39, 0.29) is 0 Å². The average molecular weight is 291 g/mol. The van der Waals surface area contributed by atoms with Crippen molar-refractivity contribution >= 4 is 0 Å². The van der Waals surface area contributed by atoms with Crippen LogP contribution >= 0.6 is 0 Å². The lowest BCUT2D eigenvalue weighted by molar-refractivity contribution is 0.248. The van der Waals surface area contributed by atoms with E-state index < -0.39 is 0 Å². The molecule has 1 atom stereocenters. The molecule has 0 aromatic carbocycles. The van der Waals surface area contributed by atoms with Gasteiger partial charge in [-0.05, 0) is 49.4 Å². The molecule has 0 heteroatoms. The van der Waals surface area contributed by atoms with Crippen molar-refractivity contribution in [1.29, 1.82) is 0 Å². The number of hydrogen-bond acceptors (Lipinski definition) is 0. The monoisotopic (exact) mass is 290 g/mol. The van der Waals surface area contributed by atoms with Gasteiger partial charge < -0.3 is 0 Å². The largest absolute Gasteiger partial charge is 0.0850 e. The molecule has 2 aliphatic carbocycles. The Morgan fingerprint density at radius 1 is 1.14 bits per heavy atom. The third-order valence-electron chi connectivity index (χ3n) is 5.71. The molecule has 122 valence electrons. The van der Waals surface area contributed by atoms with Gasteiger partial charge in [0.05, 0.1) is 0 Å². The SMILES string of the molecule is CC.CC1=CCCC(C)(C)C1/C=C/C(C)(C)C1CCCC1. The summed E-state index contributed by atoms with van der Waals surface area (Å²) in [5.74, 6) is 1.54. The van der Waals surface area contributed by atoms with E-state index in [2.05, 4.69) is 52.8 Å². The second kappa shape index (κ2) is 7.65. The van der Waals surface area contributed by atoms with Gasteiger partial charge in [-0.1, -0.05) is 78.2 Å². The van der Waals surface area contributed by atoms with Crippen LogP contribution in [0.3, 0.4) is 0 Å². The molecule has 0 aromatic rings. The first-order valence-corrected chi connectivity index (χ1v) is 9.19. The van der Waals surface area contributed by atoms with Gasteiger partial charge in [0, 0.05) is 5.92 Å². The Labute approximate surface area is 134 Å². The highest BCUT2D eigenvalue weighted by molar-refractivity contribution is 5.20.